The number of pyridine rings is 2. The molecule has 0 aliphatic heterocycles. The first kappa shape index (κ1) is 16.9. The minimum atomic E-state index is -0.342. The van der Waals surface area contributed by atoms with Gasteiger partial charge in [-0.15, -0.1) is 0 Å². The highest BCUT2D eigenvalue weighted by molar-refractivity contribution is 5.94. The second kappa shape index (κ2) is 6.89. The highest BCUT2D eigenvalue weighted by atomic mass is 16.2. The summed E-state index contributed by atoms with van der Waals surface area (Å²) >= 11 is 0. The number of fused-ring (bicyclic) bond motifs is 1. The second-order valence-electron chi connectivity index (χ2n) is 6.49. The number of carbonyl (C=O) groups is 1. The van der Waals surface area contributed by atoms with Crippen molar-refractivity contribution in [2.45, 2.75) is 26.3 Å². The van der Waals surface area contributed by atoms with Gasteiger partial charge in [-0.25, -0.2) is 0 Å². The molecule has 0 saturated carbocycles. The van der Waals surface area contributed by atoms with E-state index in [4.69, 9.17) is 0 Å². The molecule has 25 heavy (non-hydrogen) atoms. The molecule has 3 aromatic rings. The Balaban J connectivity index is 1.87. The highest BCUT2D eigenvalue weighted by Crippen LogP contribution is 2.19. The number of benzene rings is 1. The molecule has 2 aromatic heterocycles. The van der Waals surface area contributed by atoms with Crippen LogP contribution in [0.3, 0.4) is 0 Å². The van der Waals surface area contributed by atoms with Gasteiger partial charge >= 0.3 is 0 Å². The summed E-state index contributed by atoms with van der Waals surface area (Å²) in [6, 6.07) is 11.3. The van der Waals surface area contributed by atoms with Crippen LogP contribution in [0.5, 0.6) is 0 Å². The van der Waals surface area contributed by atoms with E-state index in [1.165, 1.54) is 0 Å². The van der Waals surface area contributed by atoms with Crippen LogP contribution < -0.4 is 5.56 Å². The van der Waals surface area contributed by atoms with Crippen LogP contribution in [0, 0.1) is 0 Å². The molecule has 0 unspecified atom stereocenters. The van der Waals surface area contributed by atoms with E-state index in [0.29, 0.717) is 6.54 Å². The molecule has 0 atom stereocenters. The Morgan fingerprint density at radius 2 is 2.00 bits per heavy atom. The standard InChI is InChI=1S/C20H21N3O2/c1-13(2)18-8-7-17(19(24)22-18)20(25)23(3)12-15-6-4-5-14-11-21-10-9-16(14)15/h4-11,13H,12H2,1-3H3,(H,22,24). The number of aromatic amines is 1. The Morgan fingerprint density at radius 1 is 1.20 bits per heavy atom. The summed E-state index contributed by atoms with van der Waals surface area (Å²) in [5, 5.41) is 2.08. The van der Waals surface area contributed by atoms with Crippen molar-refractivity contribution in [2.24, 2.45) is 0 Å². The number of H-pyrrole nitrogens is 1. The van der Waals surface area contributed by atoms with E-state index in [9.17, 15) is 9.59 Å². The predicted molar refractivity (Wildman–Crippen MR) is 98.7 cm³/mol. The average Bonchev–Trinajstić information content (AvgIpc) is 2.61. The average molecular weight is 335 g/mol. The number of hydrogen-bond donors (Lipinski definition) is 1. The lowest BCUT2D eigenvalue weighted by atomic mass is 10.1. The topological polar surface area (TPSA) is 66.1 Å². The van der Waals surface area contributed by atoms with E-state index >= 15 is 0 Å². The molecular formula is C20H21N3O2. The third kappa shape index (κ3) is 3.45. The lowest BCUT2D eigenvalue weighted by Crippen LogP contribution is -2.31. The molecule has 5 heteroatoms. The molecule has 0 aliphatic rings. The van der Waals surface area contributed by atoms with Crippen molar-refractivity contribution < 1.29 is 4.79 Å². The molecule has 5 nitrogen and oxygen atoms in total. The first-order chi connectivity index (χ1) is 12.0. The van der Waals surface area contributed by atoms with E-state index in [-0.39, 0.29) is 22.9 Å². The van der Waals surface area contributed by atoms with E-state index in [2.05, 4.69) is 9.97 Å². The number of hydrogen-bond acceptors (Lipinski definition) is 3. The summed E-state index contributed by atoms with van der Waals surface area (Å²) in [5.41, 5.74) is 1.66. The van der Waals surface area contributed by atoms with Crippen molar-refractivity contribution in [2.75, 3.05) is 7.05 Å². The molecule has 0 spiro atoms. The fourth-order valence-electron chi connectivity index (χ4n) is 2.85. The van der Waals surface area contributed by atoms with Crippen molar-refractivity contribution in [3.63, 3.8) is 0 Å². The maximum absolute atomic E-state index is 12.7. The van der Waals surface area contributed by atoms with E-state index in [1.807, 2.05) is 38.1 Å². The van der Waals surface area contributed by atoms with Crippen LogP contribution >= 0.6 is 0 Å². The maximum Gasteiger partial charge on any atom is 0.261 e. The maximum atomic E-state index is 12.7. The van der Waals surface area contributed by atoms with Gasteiger partial charge < -0.3 is 9.88 Å². The summed E-state index contributed by atoms with van der Waals surface area (Å²) in [4.78, 5) is 33.4. The van der Waals surface area contributed by atoms with Gasteiger partial charge in [-0.1, -0.05) is 32.0 Å². The zero-order valence-electron chi connectivity index (χ0n) is 14.6. The quantitative estimate of drug-likeness (QED) is 0.795. The van der Waals surface area contributed by atoms with Crippen LogP contribution in [0.1, 0.15) is 41.4 Å². The normalized spacial score (nSPS) is 11.0. The van der Waals surface area contributed by atoms with Gasteiger partial charge in [0, 0.05) is 37.1 Å². The summed E-state index contributed by atoms with van der Waals surface area (Å²) in [7, 11) is 1.71. The van der Waals surface area contributed by atoms with E-state index in [0.717, 1.165) is 22.0 Å². The highest BCUT2D eigenvalue weighted by Gasteiger charge is 2.17. The smallest absolute Gasteiger partial charge is 0.261 e. The molecule has 0 bridgehead atoms. The largest absolute Gasteiger partial charge is 0.337 e. The third-order valence-electron chi connectivity index (χ3n) is 4.31. The van der Waals surface area contributed by atoms with Crippen LogP contribution in [-0.4, -0.2) is 27.8 Å². The van der Waals surface area contributed by atoms with Crippen molar-refractivity contribution in [1.29, 1.82) is 0 Å². The molecule has 3 rings (SSSR count). The number of aromatic nitrogens is 2. The molecule has 1 aromatic carbocycles. The Labute approximate surface area is 146 Å². The van der Waals surface area contributed by atoms with Crippen LogP contribution in [0.4, 0.5) is 0 Å². The van der Waals surface area contributed by atoms with Gasteiger partial charge in [-0.2, -0.15) is 0 Å². The SMILES string of the molecule is CC(C)c1ccc(C(=O)N(C)Cc2cccc3cnccc23)c(=O)[nH]1. The van der Waals surface area contributed by atoms with Gasteiger partial charge in [-0.05, 0) is 35.1 Å². The fourth-order valence-corrected chi connectivity index (χ4v) is 2.85. The van der Waals surface area contributed by atoms with Gasteiger partial charge in [0.2, 0.25) is 0 Å². The molecule has 0 aliphatic carbocycles. The zero-order chi connectivity index (χ0) is 18.0. The van der Waals surface area contributed by atoms with Crippen LogP contribution in [0.2, 0.25) is 0 Å². The van der Waals surface area contributed by atoms with Crippen LogP contribution in [0.25, 0.3) is 10.8 Å². The lowest BCUT2D eigenvalue weighted by Gasteiger charge is -2.18. The number of amides is 1. The summed E-state index contributed by atoms with van der Waals surface area (Å²) in [6.45, 7) is 4.41. The van der Waals surface area contributed by atoms with Crippen molar-refractivity contribution >= 4 is 16.7 Å². The first-order valence-electron chi connectivity index (χ1n) is 8.27. The van der Waals surface area contributed by atoms with Gasteiger partial charge in [0.1, 0.15) is 5.56 Å². The van der Waals surface area contributed by atoms with Gasteiger partial charge in [0.25, 0.3) is 11.5 Å². The Bertz CT molecular complexity index is 971. The Kier molecular flexibility index (Phi) is 4.65. The summed E-state index contributed by atoms with van der Waals surface area (Å²) in [5.74, 6) is -0.0820. The third-order valence-corrected chi connectivity index (χ3v) is 4.31. The number of rotatable bonds is 4. The molecule has 2 heterocycles. The Hall–Kier alpha value is -2.95. The van der Waals surface area contributed by atoms with Gasteiger partial charge in [0.15, 0.2) is 0 Å². The van der Waals surface area contributed by atoms with Crippen LogP contribution in [0.15, 0.2) is 53.6 Å². The van der Waals surface area contributed by atoms with Crippen molar-refractivity contribution in [1.82, 2.24) is 14.9 Å². The van der Waals surface area contributed by atoms with E-state index < -0.39 is 0 Å². The molecule has 0 saturated heterocycles. The summed E-state index contributed by atoms with van der Waals surface area (Å²) in [6.07, 6.45) is 3.54. The molecule has 1 amide bonds. The molecule has 1 N–H and O–H groups in total. The predicted octanol–water partition coefficient (Wildman–Crippen LogP) is 3.32. The van der Waals surface area contributed by atoms with Crippen molar-refractivity contribution in [3.05, 3.63) is 76.0 Å². The molecule has 128 valence electrons. The lowest BCUT2D eigenvalue weighted by molar-refractivity contribution is 0.0784. The first-order valence-corrected chi connectivity index (χ1v) is 8.27. The molecule has 0 radical (unpaired) electrons. The number of nitrogens with zero attached hydrogens (tertiary/aromatic N) is 2. The van der Waals surface area contributed by atoms with Crippen LogP contribution in [-0.2, 0) is 6.54 Å². The molecule has 0 fully saturated rings. The minimum Gasteiger partial charge on any atom is -0.337 e. The monoisotopic (exact) mass is 335 g/mol. The fraction of sp³-hybridized carbons (Fsp3) is 0.250. The van der Waals surface area contributed by atoms with Gasteiger partial charge in [-0.3, -0.25) is 14.6 Å². The minimum absolute atomic E-state index is 0.161. The number of carbonyl (C=O) groups excluding carboxylic acids is 1. The summed E-state index contributed by atoms with van der Waals surface area (Å²) < 4.78 is 0. The number of nitrogens with one attached hydrogen (secondary N) is 1. The van der Waals surface area contributed by atoms with Gasteiger partial charge in [0.05, 0.1) is 0 Å². The van der Waals surface area contributed by atoms with E-state index in [1.54, 1.807) is 36.5 Å². The Morgan fingerprint density at radius 3 is 2.72 bits per heavy atom. The second-order valence-corrected chi connectivity index (χ2v) is 6.49. The molecular weight excluding hydrogens is 314 g/mol. The zero-order valence-corrected chi connectivity index (χ0v) is 14.6. The van der Waals surface area contributed by atoms with Crippen molar-refractivity contribution in [3.8, 4) is 0 Å².